The van der Waals surface area contributed by atoms with Gasteiger partial charge in [-0.05, 0) is 36.1 Å². The zero-order valence-electron chi connectivity index (χ0n) is 20.3. The molecule has 4 aromatic rings. The second kappa shape index (κ2) is 9.82. The standard InChI is InChI=1S/C25H20F3N9O2/c26-25(27,28)5-3-14-1-2-15-8-18(9-16(15)7-14)31-24-29-11-17(12-30-24)23-35-34-21(39-23)10-22(38)37-6-4-19-20(13-37)33-36-32-19/h1-2,7,11-12,18H,4,6,8-10,13H2,(H,29,30,31)(H,32,33,36). The van der Waals surface area contributed by atoms with Crippen molar-refractivity contribution in [2.24, 2.45) is 0 Å². The van der Waals surface area contributed by atoms with Crippen molar-refractivity contribution >= 4 is 11.9 Å². The minimum Gasteiger partial charge on any atom is -0.420 e. The van der Waals surface area contributed by atoms with Crippen LogP contribution < -0.4 is 5.32 Å². The largest absolute Gasteiger partial charge is 0.458 e. The fraction of sp³-hybridized carbons (Fsp3) is 0.320. The number of amides is 1. The Bertz CT molecular complexity index is 1580. The minimum absolute atomic E-state index is 0.0131. The summed E-state index contributed by atoms with van der Waals surface area (Å²) in [5, 5.41) is 21.9. The number of H-pyrrole nitrogens is 1. The number of nitrogens with zero attached hydrogens (tertiary/aromatic N) is 7. The first-order valence-corrected chi connectivity index (χ1v) is 12.1. The van der Waals surface area contributed by atoms with Crippen molar-refractivity contribution in [2.45, 2.75) is 44.4 Å². The monoisotopic (exact) mass is 535 g/mol. The van der Waals surface area contributed by atoms with Crippen LogP contribution in [0.25, 0.3) is 11.5 Å². The maximum absolute atomic E-state index is 12.7. The van der Waals surface area contributed by atoms with Gasteiger partial charge in [-0.3, -0.25) is 9.89 Å². The summed E-state index contributed by atoms with van der Waals surface area (Å²) in [7, 11) is 0. The van der Waals surface area contributed by atoms with Gasteiger partial charge in [0.1, 0.15) is 12.1 Å². The summed E-state index contributed by atoms with van der Waals surface area (Å²) < 4.78 is 42.8. The Morgan fingerprint density at radius 3 is 2.79 bits per heavy atom. The second-order valence-electron chi connectivity index (χ2n) is 9.26. The van der Waals surface area contributed by atoms with Gasteiger partial charge in [0.15, 0.2) is 0 Å². The summed E-state index contributed by atoms with van der Waals surface area (Å²) in [6, 6.07) is 5.07. The lowest BCUT2D eigenvalue weighted by atomic mass is 10.1. The molecule has 3 aromatic heterocycles. The number of rotatable bonds is 5. The molecule has 0 saturated heterocycles. The molecule has 1 atom stereocenters. The molecule has 1 unspecified atom stereocenters. The highest BCUT2D eigenvalue weighted by molar-refractivity contribution is 5.78. The Morgan fingerprint density at radius 2 is 1.97 bits per heavy atom. The van der Waals surface area contributed by atoms with Gasteiger partial charge in [-0.25, -0.2) is 9.97 Å². The normalized spacial score (nSPS) is 16.3. The second-order valence-corrected chi connectivity index (χ2v) is 9.26. The van der Waals surface area contributed by atoms with Crippen LogP contribution in [0.15, 0.2) is 35.0 Å². The number of nitrogens with one attached hydrogen (secondary N) is 2. The lowest BCUT2D eigenvalue weighted by Crippen LogP contribution is -2.37. The van der Waals surface area contributed by atoms with Crippen molar-refractivity contribution in [1.29, 1.82) is 0 Å². The van der Waals surface area contributed by atoms with E-state index in [4.69, 9.17) is 4.42 Å². The zero-order valence-corrected chi connectivity index (χ0v) is 20.3. The number of halogens is 3. The van der Waals surface area contributed by atoms with Crippen molar-refractivity contribution in [3.63, 3.8) is 0 Å². The van der Waals surface area contributed by atoms with Gasteiger partial charge in [0.25, 0.3) is 5.89 Å². The van der Waals surface area contributed by atoms with Crippen LogP contribution in [0.4, 0.5) is 19.1 Å². The molecule has 0 radical (unpaired) electrons. The Kier molecular flexibility index (Phi) is 6.18. The topological polar surface area (TPSA) is 139 Å². The third-order valence-electron chi connectivity index (χ3n) is 6.52. The predicted molar refractivity (Wildman–Crippen MR) is 129 cm³/mol. The highest BCUT2D eigenvalue weighted by atomic mass is 19.4. The lowest BCUT2D eigenvalue weighted by molar-refractivity contribution is -0.131. The van der Waals surface area contributed by atoms with Gasteiger partial charge < -0.3 is 14.6 Å². The van der Waals surface area contributed by atoms with Crippen molar-refractivity contribution in [3.8, 4) is 23.3 Å². The number of hydrogen-bond acceptors (Lipinski definition) is 9. The number of anilines is 1. The molecular weight excluding hydrogens is 515 g/mol. The number of benzene rings is 1. The van der Waals surface area contributed by atoms with Crippen molar-refractivity contribution in [2.75, 3.05) is 11.9 Å². The van der Waals surface area contributed by atoms with Crippen LogP contribution in [-0.4, -0.2) is 65.1 Å². The summed E-state index contributed by atoms with van der Waals surface area (Å²) in [5.74, 6) is 4.09. The molecular formula is C25H20F3N9O2. The summed E-state index contributed by atoms with van der Waals surface area (Å²) in [6.45, 7) is 0.936. The Labute approximate surface area is 219 Å². The molecule has 4 heterocycles. The fourth-order valence-electron chi connectivity index (χ4n) is 4.64. The molecule has 198 valence electrons. The Morgan fingerprint density at radius 1 is 1.15 bits per heavy atom. The molecule has 0 fully saturated rings. The number of carbonyl (C=O) groups excluding carboxylic acids is 1. The molecule has 0 bridgehead atoms. The third kappa shape index (κ3) is 5.57. The van der Waals surface area contributed by atoms with E-state index in [1.54, 1.807) is 23.1 Å². The Hall–Kier alpha value is -4.80. The summed E-state index contributed by atoms with van der Waals surface area (Å²) in [4.78, 5) is 23.0. The third-order valence-corrected chi connectivity index (χ3v) is 6.52. The van der Waals surface area contributed by atoms with Crippen LogP contribution >= 0.6 is 0 Å². The highest BCUT2D eigenvalue weighted by Crippen LogP contribution is 2.26. The van der Waals surface area contributed by atoms with Gasteiger partial charge in [-0.2, -0.15) is 13.2 Å². The number of hydrogen-bond donors (Lipinski definition) is 2. The van der Waals surface area contributed by atoms with Crippen LogP contribution in [0.5, 0.6) is 0 Å². The molecule has 2 aliphatic rings. The van der Waals surface area contributed by atoms with Crippen molar-refractivity contribution < 1.29 is 22.4 Å². The average molecular weight is 535 g/mol. The van der Waals surface area contributed by atoms with E-state index in [1.165, 1.54) is 18.3 Å². The van der Waals surface area contributed by atoms with E-state index in [0.29, 0.717) is 49.4 Å². The smallest absolute Gasteiger partial charge is 0.420 e. The summed E-state index contributed by atoms with van der Waals surface area (Å²) in [6.07, 6.45) is 0.472. The number of fused-ring (bicyclic) bond motifs is 2. The van der Waals surface area contributed by atoms with Crippen molar-refractivity contribution in [1.82, 2.24) is 40.5 Å². The van der Waals surface area contributed by atoms with Gasteiger partial charge in [0, 0.05) is 42.9 Å². The maximum atomic E-state index is 12.7. The van der Waals surface area contributed by atoms with E-state index >= 15 is 0 Å². The van der Waals surface area contributed by atoms with E-state index in [-0.39, 0.29) is 30.2 Å². The number of aromatic amines is 1. The molecule has 2 N–H and O–H groups in total. The minimum atomic E-state index is -4.52. The van der Waals surface area contributed by atoms with E-state index in [1.807, 2.05) is 0 Å². The Balaban J connectivity index is 1.05. The number of alkyl halides is 3. The van der Waals surface area contributed by atoms with Crippen LogP contribution in [-0.2, 0) is 37.0 Å². The molecule has 6 rings (SSSR count). The molecule has 11 nitrogen and oxygen atoms in total. The fourth-order valence-corrected chi connectivity index (χ4v) is 4.64. The van der Waals surface area contributed by atoms with Gasteiger partial charge in [0.2, 0.25) is 17.7 Å². The quantitative estimate of drug-likeness (QED) is 0.369. The van der Waals surface area contributed by atoms with Gasteiger partial charge in [0.05, 0.1) is 17.8 Å². The molecule has 1 aliphatic carbocycles. The van der Waals surface area contributed by atoms with Crippen LogP contribution in [0.2, 0.25) is 0 Å². The molecule has 0 saturated carbocycles. The summed E-state index contributed by atoms with van der Waals surface area (Å²) >= 11 is 0. The first kappa shape index (κ1) is 24.5. The average Bonchev–Trinajstić information content (AvgIpc) is 3.66. The van der Waals surface area contributed by atoms with Gasteiger partial charge in [-0.1, -0.05) is 17.2 Å². The van der Waals surface area contributed by atoms with Crippen LogP contribution in [0, 0.1) is 11.8 Å². The number of aromatic nitrogens is 7. The molecule has 0 spiro atoms. The lowest BCUT2D eigenvalue weighted by Gasteiger charge is -2.25. The SMILES string of the molecule is O=C(Cc1nnc(-c2cnc(NC3Cc4ccc(C#CC(F)(F)F)cc4C3)nc2)o1)N1CCc2[nH]nnc2C1. The van der Waals surface area contributed by atoms with Crippen molar-refractivity contribution in [3.05, 3.63) is 64.6 Å². The van der Waals surface area contributed by atoms with Crippen LogP contribution in [0.3, 0.4) is 0 Å². The van der Waals surface area contributed by atoms with E-state index in [2.05, 4.69) is 46.8 Å². The molecule has 1 aromatic carbocycles. The highest BCUT2D eigenvalue weighted by Gasteiger charge is 2.26. The molecule has 1 amide bonds. The first-order valence-electron chi connectivity index (χ1n) is 12.1. The van der Waals surface area contributed by atoms with Gasteiger partial charge >= 0.3 is 6.18 Å². The molecule has 1 aliphatic heterocycles. The van der Waals surface area contributed by atoms with Crippen LogP contribution in [0.1, 0.15) is 34.0 Å². The predicted octanol–water partition coefficient (Wildman–Crippen LogP) is 2.27. The molecule has 14 heteroatoms. The number of carbonyl (C=O) groups is 1. The zero-order chi connectivity index (χ0) is 27.0. The summed E-state index contributed by atoms with van der Waals surface area (Å²) in [5.41, 5.74) is 4.51. The maximum Gasteiger partial charge on any atom is 0.458 e. The van der Waals surface area contributed by atoms with E-state index < -0.39 is 6.18 Å². The van der Waals surface area contributed by atoms with E-state index in [0.717, 1.165) is 22.5 Å². The van der Waals surface area contributed by atoms with Gasteiger partial charge in [-0.15, -0.1) is 15.3 Å². The first-order chi connectivity index (χ1) is 18.8. The van der Waals surface area contributed by atoms with E-state index in [9.17, 15) is 18.0 Å². The molecule has 39 heavy (non-hydrogen) atoms.